The SMILES string of the molecule is CCN(C(=O)[C@H]1O[C@@H](O)[C@H](O)[C@@H]1O)n1cnc2c(NCC(c3ccccc3)c3ccccc3)nc(NC3CNCC3O)nc21. The van der Waals surface area contributed by atoms with Gasteiger partial charge >= 0.3 is 0 Å². The molecule has 2 aliphatic rings. The van der Waals surface area contributed by atoms with E-state index in [1.165, 1.54) is 16.0 Å². The normalized spacial score (nSPS) is 25.0. The molecule has 2 aromatic heterocycles. The zero-order valence-corrected chi connectivity index (χ0v) is 24.1. The number of hydrogen-bond donors (Lipinski definition) is 7. The van der Waals surface area contributed by atoms with E-state index >= 15 is 0 Å². The lowest BCUT2D eigenvalue weighted by Gasteiger charge is -2.26. The predicted molar refractivity (Wildman–Crippen MR) is 161 cm³/mol. The quantitative estimate of drug-likeness (QED) is 0.126. The minimum Gasteiger partial charge on any atom is -0.390 e. The minimum absolute atomic E-state index is 0.0191. The lowest BCUT2D eigenvalue weighted by molar-refractivity contribution is -0.150. The summed E-state index contributed by atoms with van der Waals surface area (Å²) < 4.78 is 6.60. The van der Waals surface area contributed by atoms with E-state index in [1.54, 1.807) is 6.92 Å². The molecule has 0 bridgehead atoms. The molecule has 0 aliphatic carbocycles. The third kappa shape index (κ3) is 5.83. The maximum absolute atomic E-state index is 13.5. The van der Waals surface area contributed by atoms with Crippen LogP contribution in [-0.2, 0) is 9.53 Å². The van der Waals surface area contributed by atoms with Gasteiger partial charge in [-0.3, -0.25) is 4.79 Å². The molecule has 44 heavy (non-hydrogen) atoms. The molecule has 0 spiro atoms. The van der Waals surface area contributed by atoms with E-state index in [2.05, 4.69) is 50.2 Å². The van der Waals surface area contributed by atoms with Crippen LogP contribution in [0.2, 0.25) is 0 Å². The van der Waals surface area contributed by atoms with Gasteiger partial charge in [-0.25, -0.2) is 14.7 Å². The Morgan fingerprint density at radius 3 is 2.27 bits per heavy atom. The number of fused-ring (bicyclic) bond motifs is 1. The number of rotatable bonds is 10. The van der Waals surface area contributed by atoms with Crippen molar-refractivity contribution in [2.45, 2.75) is 49.6 Å². The van der Waals surface area contributed by atoms with Crippen LogP contribution in [-0.4, -0.2) is 109 Å². The molecular weight excluding hydrogens is 568 g/mol. The number of hydrogen-bond acceptors (Lipinski definition) is 12. The third-order valence-electron chi connectivity index (χ3n) is 8.05. The van der Waals surface area contributed by atoms with Crippen molar-refractivity contribution >= 4 is 28.8 Å². The summed E-state index contributed by atoms with van der Waals surface area (Å²) in [6, 6.07) is 19.9. The van der Waals surface area contributed by atoms with E-state index in [-0.39, 0.29) is 30.1 Å². The number of amides is 1. The second-order valence-electron chi connectivity index (χ2n) is 10.9. The summed E-state index contributed by atoms with van der Waals surface area (Å²) in [6.45, 7) is 3.26. The van der Waals surface area contributed by atoms with E-state index in [1.807, 2.05) is 36.4 Å². The Kier molecular flexibility index (Phi) is 8.70. The highest BCUT2D eigenvalue weighted by molar-refractivity contribution is 5.93. The minimum atomic E-state index is -1.69. The number of aliphatic hydroxyl groups is 4. The molecule has 2 aliphatic heterocycles. The van der Waals surface area contributed by atoms with Crippen LogP contribution < -0.4 is 21.0 Å². The van der Waals surface area contributed by atoms with E-state index in [0.717, 1.165) is 11.1 Å². The van der Waals surface area contributed by atoms with Gasteiger partial charge in [-0.15, -0.1) is 0 Å². The molecule has 0 radical (unpaired) electrons. The summed E-state index contributed by atoms with van der Waals surface area (Å²) in [5.41, 5.74) is 2.90. The maximum atomic E-state index is 13.5. The average molecular weight is 605 g/mol. The van der Waals surface area contributed by atoms with Gasteiger partial charge in [-0.05, 0) is 18.1 Å². The molecule has 14 heteroatoms. The lowest BCUT2D eigenvalue weighted by atomic mass is 9.91. The molecule has 14 nitrogen and oxygen atoms in total. The van der Waals surface area contributed by atoms with Crippen molar-refractivity contribution in [3.63, 3.8) is 0 Å². The summed E-state index contributed by atoms with van der Waals surface area (Å²) in [5, 5.41) is 51.6. The lowest BCUT2D eigenvalue weighted by Crippen LogP contribution is -2.50. The van der Waals surface area contributed by atoms with Crippen molar-refractivity contribution in [3.8, 4) is 0 Å². The van der Waals surface area contributed by atoms with Crippen molar-refractivity contribution in [2.75, 3.05) is 41.8 Å². The molecule has 0 saturated carbocycles. The first-order valence-electron chi connectivity index (χ1n) is 14.6. The summed E-state index contributed by atoms with van der Waals surface area (Å²) in [5.74, 6) is -0.0764. The first-order valence-corrected chi connectivity index (χ1v) is 14.6. The Labute approximate surface area is 253 Å². The number of nitrogens with zero attached hydrogens (tertiary/aromatic N) is 5. The highest BCUT2D eigenvalue weighted by Crippen LogP contribution is 2.28. The Hall–Kier alpha value is -4.18. The van der Waals surface area contributed by atoms with Crippen LogP contribution in [0.25, 0.3) is 11.2 Å². The van der Waals surface area contributed by atoms with Crippen molar-refractivity contribution in [3.05, 3.63) is 78.1 Å². The first-order chi connectivity index (χ1) is 21.4. The number of benzene rings is 2. The fraction of sp³-hybridized carbons (Fsp3) is 0.400. The number of β-amino-alcohol motifs (C(OH)–C–C–N with tert-alkyl or cyclic N) is 1. The number of nitrogens with one attached hydrogen (secondary N) is 3. The predicted octanol–water partition coefficient (Wildman–Crippen LogP) is -0.262. The zero-order valence-electron chi connectivity index (χ0n) is 24.1. The fourth-order valence-electron chi connectivity index (χ4n) is 5.65. The van der Waals surface area contributed by atoms with E-state index in [4.69, 9.17) is 9.72 Å². The number of aliphatic hydroxyl groups excluding tert-OH is 4. The number of likely N-dealkylation sites (N-methyl/N-ethyl adjacent to an activating group) is 1. The number of aromatic nitrogens is 4. The summed E-state index contributed by atoms with van der Waals surface area (Å²) >= 11 is 0. The standard InChI is InChI=1S/C30H36N8O6/c1-2-37(28(42)25-23(40)24(41)29(43)44-25)38-16-33-22-26(35-30(36-27(22)38)34-20-14-31-15-21(20)39)32-13-19(17-9-5-3-6-10-17)18-11-7-4-8-12-18/h3-12,16,19-21,23-25,29,31,39-41,43H,2,13-15H2,1H3,(H2,32,34,35,36)/t20?,21?,23-,24+,25-,29+/m0/s1. The summed E-state index contributed by atoms with van der Waals surface area (Å²) in [6.07, 6.45) is -5.66. The van der Waals surface area contributed by atoms with E-state index in [9.17, 15) is 25.2 Å². The summed E-state index contributed by atoms with van der Waals surface area (Å²) in [4.78, 5) is 27.4. The highest BCUT2D eigenvalue weighted by atomic mass is 16.6. The second kappa shape index (κ2) is 12.8. The number of carbonyl (C=O) groups excluding carboxylic acids is 1. The smallest absolute Gasteiger partial charge is 0.273 e. The van der Waals surface area contributed by atoms with Crippen LogP contribution in [0.4, 0.5) is 11.8 Å². The maximum Gasteiger partial charge on any atom is 0.273 e. The molecule has 2 unspecified atom stereocenters. The topological polar surface area (TPSA) is 190 Å². The first kappa shape index (κ1) is 29.9. The molecule has 2 saturated heterocycles. The van der Waals surface area contributed by atoms with Crippen molar-refractivity contribution in [2.24, 2.45) is 0 Å². The van der Waals surface area contributed by atoms with Gasteiger partial charge in [-0.1, -0.05) is 60.7 Å². The van der Waals surface area contributed by atoms with Crippen LogP contribution >= 0.6 is 0 Å². The Bertz CT molecular complexity index is 1530. The Morgan fingerprint density at radius 2 is 1.70 bits per heavy atom. The highest BCUT2D eigenvalue weighted by Gasteiger charge is 2.47. The van der Waals surface area contributed by atoms with Gasteiger partial charge in [-0.2, -0.15) is 9.97 Å². The van der Waals surface area contributed by atoms with E-state index < -0.39 is 36.6 Å². The summed E-state index contributed by atoms with van der Waals surface area (Å²) in [7, 11) is 0. The molecule has 6 atom stereocenters. The van der Waals surface area contributed by atoms with Crippen LogP contribution in [0.15, 0.2) is 67.0 Å². The van der Waals surface area contributed by atoms with Crippen LogP contribution in [0, 0.1) is 0 Å². The zero-order chi connectivity index (χ0) is 30.8. The van der Waals surface area contributed by atoms with E-state index in [0.29, 0.717) is 31.0 Å². The molecular formula is C30H36N8O6. The van der Waals surface area contributed by atoms with Gasteiger partial charge in [0.2, 0.25) is 5.95 Å². The number of imidazole rings is 1. The van der Waals surface area contributed by atoms with Crippen molar-refractivity contribution < 1.29 is 30.0 Å². The van der Waals surface area contributed by atoms with Gasteiger partial charge in [0.25, 0.3) is 5.91 Å². The van der Waals surface area contributed by atoms with Gasteiger partial charge in [0, 0.05) is 32.1 Å². The molecule has 1 amide bonds. The average Bonchev–Trinajstić information content (AvgIpc) is 3.72. The molecule has 2 aromatic carbocycles. The third-order valence-corrected chi connectivity index (χ3v) is 8.05. The fourth-order valence-corrected chi connectivity index (χ4v) is 5.65. The molecule has 4 aromatic rings. The van der Waals surface area contributed by atoms with Gasteiger partial charge in [0.1, 0.15) is 18.5 Å². The second-order valence-corrected chi connectivity index (χ2v) is 10.9. The molecule has 2 fully saturated rings. The molecule has 7 N–H and O–H groups in total. The molecule has 6 rings (SSSR count). The Morgan fingerprint density at radius 1 is 1.02 bits per heavy atom. The van der Waals surface area contributed by atoms with Crippen LogP contribution in [0.1, 0.15) is 24.0 Å². The monoisotopic (exact) mass is 604 g/mol. The van der Waals surface area contributed by atoms with Crippen molar-refractivity contribution in [1.82, 2.24) is 24.9 Å². The molecule has 232 valence electrons. The molecule has 4 heterocycles. The largest absolute Gasteiger partial charge is 0.390 e. The van der Waals surface area contributed by atoms with Crippen molar-refractivity contribution in [1.29, 1.82) is 0 Å². The Balaban J connectivity index is 1.36. The van der Waals surface area contributed by atoms with Crippen LogP contribution in [0.3, 0.4) is 0 Å². The van der Waals surface area contributed by atoms with Gasteiger partial charge < -0.3 is 41.1 Å². The number of ether oxygens (including phenoxy) is 1. The van der Waals surface area contributed by atoms with Gasteiger partial charge in [0.15, 0.2) is 29.4 Å². The van der Waals surface area contributed by atoms with Gasteiger partial charge in [0.05, 0.1) is 12.1 Å². The number of anilines is 2. The number of carbonyl (C=O) groups is 1. The van der Waals surface area contributed by atoms with Crippen LogP contribution in [0.5, 0.6) is 0 Å².